The quantitative estimate of drug-likeness (QED) is 0.925. The van der Waals surface area contributed by atoms with E-state index in [0.29, 0.717) is 4.68 Å². The molecule has 0 aliphatic heterocycles. The van der Waals surface area contributed by atoms with Crippen LogP contribution in [0.3, 0.4) is 0 Å². The number of likely N-dealkylation sites (N-methyl/N-ethyl adjacent to an activating group) is 1. The molecule has 1 aromatic heterocycles. The number of carbonyl (C=O) groups is 1. The smallest absolute Gasteiger partial charge is 0.395 e. The Bertz CT molecular complexity index is 716. The Hall–Kier alpha value is -2.06. The van der Waals surface area contributed by atoms with Crippen LogP contribution in [-0.4, -0.2) is 45.9 Å². The van der Waals surface area contributed by atoms with E-state index in [1.165, 1.54) is 31.3 Å². The molecule has 0 radical (unpaired) electrons. The Balaban J connectivity index is 2.56. The Kier molecular flexibility index (Phi) is 4.96. The fourth-order valence-corrected chi connectivity index (χ4v) is 2.22. The molecule has 0 aliphatic carbocycles. The van der Waals surface area contributed by atoms with Gasteiger partial charge in [0.25, 0.3) is 5.91 Å². The van der Waals surface area contributed by atoms with E-state index in [1.807, 2.05) is 0 Å². The highest BCUT2D eigenvalue weighted by molar-refractivity contribution is 6.30. The number of rotatable bonds is 4. The third kappa shape index (κ3) is 3.65. The summed E-state index contributed by atoms with van der Waals surface area (Å²) < 4.78 is 40.9. The molecule has 0 atom stereocenters. The summed E-state index contributed by atoms with van der Waals surface area (Å²) in [5, 5.41) is 12.8. The van der Waals surface area contributed by atoms with E-state index in [4.69, 9.17) is 16.7 Å². The van der Waals surface area contributed by atoms with Crippen LogP contribution in [0.5, 0.6) is 0 Å². The first-order valence-corrected chi connectivity index (χ1v) is 6.91. The van der Waals surface area contributed by atoms with Crippen molar-refractivity contribution < 1.29 is 23.1 Å². The van der Waals surface area contributed by atoms with Crippen LogP contribution in [0.2, 0.25) is 5.02 Å². The van der Waals surface area contributed by atoms with E-state index < -0.39 is 23.3 Å². The number of halogens is 4. The van der Waals surface area contributed by atoms with Gasteiger partial charge in [-0.15, -0.1) is 0 Å². The molecule has 2 rings (SSSR count). The van der Waals surface area contributed by atoms with Crippen molar-refractivity contribution in [3.05, 3.63) is 46.7 Å². The third-order valence-electron chi connectivity index (χ3n) is 3.10. The second kappa shape index (κ2) is 6.59. The monoisotopic (exact) mass is 347 g/mol. The van der Waals surface area contributed by atoms with Gasteiger partial charge in [-0.25, -0.2) is 4.68 Å². The fourth-order valence-electron chi connectivity index (χ4n) is 2.04. The van der Waals surface area contributed by atoms with Gasteiger partial charge in [0.2, 0.25) is 0 Å². The van der Waals surface area contributed by atoms with Gasteiger partial charge in [-0.2, -0.15) is 18.3 Å². The number of nitrogens with zero attached hydrogens (tertiary/aromatic N) is 3. The molecule has 1 amide bonds. The summed E-state index contributed by atoms with van der Waals surface area (Å²) in [7, 11) is 1.30. The van der Waals surface area contributed by atoms with Gasteiger partial charge in [0.15, 0.2) is 5.69 Å². The van der Waals surface area contributed by atoms with Crippen LogP contribution in [0.15, 0.2) is 30.5 Å². The molecule has 1 N–H and O–H groups in total. The summed E-state index contributed by atoms with van der Waals surface area (Å²) in [5.74, 6) is -0.875. The van der Waals surface area contributed by atoms with Crippen molar-refractivity contribution >= 4 is 17.5 Å². The lowest BCUT2D eigenvalue weighted by molar-refractivity contribution is -0.143. The summed E-state index contributed by atoms with van der Waals surface area (Å²) in [5.41, 5.74) is -1.68. The minimum absolute atomic E-state index is 0.0848. The molecule has 1 aromatic carbocycles. The highest BCUT2D eigenvalue weighted by Gasteiger charge is 2.41. The molecule has 0 bridgehead atoms. The van der Waals surface area contributed by atoms with Gasteiger partial charge >= 0.3 is 6.18 Å². The second-order valence-corrected chi connectivity index (χ2v) is 5.18. The van der Waals surface area contributed by atoms with Crippen molar-refractivity contribution in [1.82, 2.24) is 14.7 Å². The molecular weight excluding hydrogens is 335 g/mol. The first-order valence-electron chi connectivity index (χ1n) is 6.53. The number of carbonyl (C=O) groups excluding carboxylic acids is 1. The molecular formula is C14H13ClF3N3O2. The number of aliphatic hydroxyl groups is 1. The summed E-state index contributed by atoms with van der Waals surface area (Å²) in [4.78, 5) is 13.1. The van der Waals surface area contributed by atoms with Crippen LogP contribution < -0.4 is 0 Å². The van der Waals surface area contributed by atoms with Gasteiger partial charge in [0, 0.05) is 18.6 Å². The SMILES string of the molecule is CN(CCO)C(=O)c1cnn(-c2cccc(Cl)c2)c1C(F)(F)F. The first kappa shape index (κ1) is 17.3. The summed E-state index contributed by atoms with van der Waals surface area (Å²) >= 11 is 5.80. The molecule has 1 heterocycles. The topological polar surface area (TPSA) is 58.4 Å². The maximum Gasteiger partial charge on any atom is 0.434 e. The van der Waals surface area contributed by atoms with Crippen molar-refractivity contribution in [3.63, 3.8) is 0 Å². The molecule has 5 nitrogen and oxygen atoms in total. The predicted molar refractivity (Wildman–Crippen MR) is 77.6 cm³/mol. The third-order valence-corrected chi connectivity index (χ3v) is 3.34. The number of hydrogen-bond acceptors (Lipinski definition) is 3. The van der Waals surface area contributed by atoms with Crippen LogP contribution in [-0.2, 0) is 6.18 Å². The highest BCUT2D eigenvalue weighted by Crippen LogP contribution is 2.34. The normalized spacial score (nSPS) is 11.6. The zero-order valence-electron chi connectivity index (χ0n) is 12.0. The molecule has 0 saturated carbocycles. The molecule has 0 spiro atoms. The largest absolute Gasteiger partial charge is 0.434 e. The molecule has 23 heavy (non-hydrogen) atoms. The van der Waals surface area contributed by atoms with Gasteiger partial charge < -0.3 is 10.0 Å². The summed E-state index contributed by atoms with van der Waals surface area (Å²) in [6, 6.07) is 5.72. The van der Waals surface area contributed by atoms with Crippen molar-refractivity contribution in [3.8, 4) is 5.69 Å². The molecule has 124 valence electrons. The lowest BCUT2D eigenvalue weighted by atomic mass is 10.2. The van der Waals surface area contributed by atoms with E-state index in [9.17, 15) is 18.0 Å². The van der Waals surface area contributed by atoms with E-state index in [-0.39, 0.29) is 23.9 Å². The standard InChI is InChI=1S/C14H13ClF3N3O2/c1-20(5-6-22)13(23)11-8-19-21(12(11)14(16,17)18)10-4-2-3-9(15)7-10/h2-4,7-8,22H,5-6H2,1H3. The first-order chi connectivity index (χ1) is 10.8. The van der Waals surface area contributed by atoms with Crippen molar-refractivity contribution in [1.29, 1.82) is 0 Å². The number of alkyl halides is 3. The van der Waals surface area contributed by atoms with Crippen molar-refractivity contribution in [2.45, 2.75) is 6.18 Å². The van der Waals surface area contributed by atoms with E-state index in [2.05, 4.69) is 5.10 Å². The van der Waals surface area contributed by atoms with Gasteiger partial charge in [-0.3, -0.25) is 4.79 Å². The number of aromatic nitrogens is 2. The summed E-state index contributed by atoms with van der Waals surface area (Å²) in [6.45, 7) is -0.440. The Morgan fingerprint density at radius 3 is 2.70 bits per heavy atom. The maximum absolute atomic E-state index is 13.4. The number of benzene rings is 1. The molecule has 0 fully saturated rings. The number of amides is 1. The maximum atomic E-state index is 13.4. The zero-order chi connectivity index (χ0) is 17.2. The van der Waals surface area contributed by atoms with Gasteiger partial charge in [0.1, 0.15) is 0 Å². The lowest BCUT2D eigenvalue weighted by Crippen LogP contribution is -2.31. The number of hydrogen-bond donors (Lipinski definition) is 1. The Morgan fingerprint density at radius 1 is 1.43 bits per heavy atom. The lowest BCUT2D eigenvalue weighted by Gasteiger charge is -2.17. The van der Waals surface area contributed by atoms with Crippen LogP contribution in [0.25, 0.3) is 5.69 Å². The minimum Gasteiger partial charge on any atom is -0.395 e. The average molecular weight is 348 g/mol. The van der Waals surface area contributed by atoms with E-state index in [1.54, 1.807) is 0 Å². The fraction of sp³-hybridized carbons (Fsp3) is 0.286. The second-order valence-electron chi connectivity index (χ2n) is 4.75. The van der Waals surface area contributed by atoms with Crippen molar-refractivity contribution in [2.75, 3.05) is 20.2 Å². The van der Waals surface area contributed by atoms with Gasteiger partial charge in [0.05, 0.1) is 24.1 Å². The van der Waals surface area contributed by atoms with Crippen LogP contribution in [0.4, 0.5) is 13.2 Å². The molecule has 0 saturated heterocycles. The van der Waals surface area contributed by atoms with Crippen LogP contribution >= 0.6 is 11.6 Å². The Morgan fingerprint density at radius 2 is 2.13 bits per heavy atom. The van der Waals surface area contributed by atoms with Gasteiger partial charge in [-0.05, 0) is 18.2 Å². The number of aliphatic hydroxyl groups excluding tert-OH is 1. The van der Waals surface area contributed by atoms with Gasteiger partial charge in [-0.1, -0.05) is 17.7 Å². The average Bonchev–Trinajstić information content (AvgIpc) is 2.91. The molecule has 2 aromatic rings. The van der Waals surface area contributed by atoms with Crippen molar-refractivity contribution in [2.24, 2.45) is 0 Å². The van der Waals surface area contributed by atoms with Crippen LogP contribution in [0.1, 0.15) is 16.1 Å². The Labute approximate surface area is 134 Å². The molecule has 0 unspecified atom stereocenters. The van der Waals surface area contributed by atoms with E-state index in [0.717, 1.165) is 11.1 Å². The zero-order valence-corrected chi connectivity index (χ0v) is 12.8. The highest BCUT2D eigenvalue weighted by atomic mass is 35.5. The van der Waals surface area contributed by atoms with Crippen LogP contribution in [0, 0.1) is 0 Å². The van der Waals surface area contributed by atoms with E-state index >= 15 is 0 Å². The predicted octanol–water partition coefficient (Wildman–Crippen LogP) is 2.61. The summed E-state index contributed by atoms with van der Waals surface area (Å²) in [6.07, 6.45) is -3.93. The minimum atomic E-state index is -4.79. The molecule has 9 heteroatoms. The molecule has 0 aliphatic rings.